The van der Waals surface area contributed by atoms with Crippen LogP contribution in [0.1, 0.15) is 56.2 Å². The molecule has 114 valence electrons. The van der Waals surface area contributed by atoms with E-state index in [0.29, 0.717) is 24.2 Å². The first kappa shape index (κ1) is 14.2. The highest BCUT2D eigenvalue weighted by Crippen LogP contribution is 2.31. The van der Waals surface area contributed by atoms with E-state index in [0.717, 1.165) is 37.5 Å². The quantitative estimate of drug-likeness (QED) is 0.836. The average Bonchev–Trinajstić information content (AvgIpc) is 3.11. The third-order valence-corrected chi connectivity index (χ3v) is 3.64. The molecule has 0 unspecified atom stereocenters. The van der Waals surface area contributed by atoms with Gasteiger partial charge in [-0.3, -0.25) is 4.90 Å². The van der Waals surface area contributed by atoms with Gasteiger partial charge >= 0.3 is 0 Å². The molecule has 3 heterocycles. The van der Waals surface area contributed by atoms with E-state index in [4.69, 9.17) is 9.05 Å². The van der Waals surface area contributed by atoms with Crippen molar-refractivity contribution in [2.24, 2.45) is 5.92 Å². The first-order valence-corrected chi connectivity index (χ1v) is 7.47. The minimum Gasteiger partial charge on any atom is -0.340 e. The highest BCUT2D eigenvalue weighted by molar-refractivity contribution is 4.99. The molecule has 1 fully saturated rings. The van der Waals surface area contributed by atoms with Crippen LogP contribution < -0.4 is 0 Å². The lowest BCUT2D eigenvalue weighted by atomic mass is 10.1. The second kappa shape index (κ2) is 5.93. The molecule has 1 atom stereocenters. The molecular weight excluding hydrogens is 270 g/mol. The number of likely N-dealkylation sites (tertiary alicyclic amines) is 1. The second-order valence-electron chi connectivity index (χ2n) is 6.00. The van der Waals surface area contributed by atoms with Gasteiger partial charge in [0.25, 0.3) is 0 Å². The normalized spacial score (nSPS) is 19.7. The van der Waals surface area contributed by atoms with Crippen LogP contribution in [0, 0.1) is 12.8 Å². The van der Waals surface area contributed by atoms with Crippen molar-refractivity contribution in [1.82, 2.24) is 25.2 Å². The lowest BCUT2D eigenvalue weighted by molar-refractivity contribution is 0.202. The first-order valence-electron chi connectivity index (χ1n) is 7.47. The molecule has 3 rings (SSSR count). The molecular formula is C14H21N5O2. The highest BCUT2D eigenvalue weighted by Gasteiger charge is 2.30. The molecule has 7 nitrogen and oxygen atoms in total. The summed E-state index contributed by atoms with van der Waals surface area (Å²) in [5.41, 5.74) is 0. The molecule has 0 amide bonds. The molecule has 0 aromatic carbocycles. The van der Waals surface area contributed by atoms with E-state index in [9.17, 15) is 0 Å². The van der Waals surface area contributed by atoms with Gasteiger partial charge in [-0.25, -0.2) is 0 Å². The molecule has 21 heavy (non-hydrogen) atoms. The van der Waals surface area contributed by atoms with Crippen LogP contribution in [0.15, 0.2) is 9.05 Å². The van der Waals surface area contributed by atoms with Crippen molar-refractivity contribution in [3.63, 3.8) is 0 Å². The summed E-state index contributed by atoms with van der Waals surface area (Å²) < 4.78 is 10.4. The smallest absolute Gasteiger partial charge is 0.240 e. The number of aryl methyl sites for hydroxylation is 1. The summed E-state index contributed by atoms with van der Waals surface area (Å²) in [6, 6.07) is 0.183. The fourth-order valence-corrected chi connectivity index (χ4v) is 2.73. The van der Waals surface area contributed by atoms with Crippen LogP contribution in [0.5, 0.6) is 0 Å². The zero-order chi connectivity index (χ0) is 14.8. The van der Waals surface area contributed by atoms with Gasteiger partial charge in [0, 0.05) is 13.3 Å². The molecule has 1 aliphatic heterocycles. The Hall–Kier alpha value is -1.76. The Bertz CT molecular complexity index is 592. The van der Waals surface area contributed by atoms with Crippen LogP contribution in [0.3, 0.4) is 0 Å². The third-order valence-electron chi connectivity index (χ3n) is 3.64. The molecule has 0 N–H and O–H groups in total. The fraction of sp³-hybridized carbons (Fsp3) is 0.714. The van der Waals surface area contributed by atoms with Crippen molar-refractivity contribution in [3.8, 4) is 0 Å². The molecule has 1 saturated heterocycles. The maximum atomic E-state index is 5.35. The van der Waals surface area contributed by atoms with Gasteiger partial charge in [-0.1, -0.05) is 24.2 Å². The van der Waals surface area contributed by atoms with Crippen LogP contribution in [0.2, 0.25) is 0 Å². The topological polar surface area (TPSA) is 81.1 Å². The second-order valence-corrected chi connectivity index (χ2v) is 6.00. The summed E-state index contributed by atoms with van der Waals surface area (Å²) in [4.78, 5) is 11.1. The largest absolute Gasteiger partial charge is 0.340 e. The summed E-state index contributed by atoms with van der Waals surface area (Å²) in [6.45, 7) is 7.73. The van der Waals surface area contributed by atoms with Gasteiger partial charge in [0.15, 0.2) is 11.6 Å². The Morgan fingerprint density at radius 1 is 1.24 bits per heavy atom. The SMILES string of the molecule is Cc1nc([C@H]2CCCN2Cc2nc(CC(C)C)no2)no1. The Kier molecular flexibility index (Phi) is 4.01. The van der Waals surface area contributed by atoms with Crippen LogP contribution in [0.4, 0.5) is 0 Å². The van der Waals surface area contributed by atoms with Crippen molar-refractivity contribution in [3.05, 3.63) is 23.4 Å². The summed E-state index contributed by atoms with van der Waals surface area (Å²) in [5.74, 6) is 3.34. The van der Waals surface area contributed by atoms with E-state index in [1.54, 1.807) is 0 Å². The van der Waals surface area contributed by atoms with Gasteiger partial charge in [0.2, 0.25) is 11.8 Å². The molecule has 0 saturated carbocycles. The van der Waals surface area contributed by atoms with Gasteiger partial charge in [-0.15, -0.1) is 0 Å². The summed E-state index contributed by atoms with van der Waals surface area (Å²) in [7, 11) is 0. The number of nitrogens with zero attached hydrogens (tertiary/aromatic N) is 5. The molecule has 7 heteroatoms. The number of aromatic nitrogens is 4. The Morgan fingerprint density at radius 3 is 2.81 bits per heavy atom. The van der Waals surface area contributed by atoms with Gasteiger partial charge < -0.3 is 9.05 Å². The summed E-state index contributed by atoms with van der Waals surface area (Å²) in [6.07, 6.45) is 2.99. The zero-order valence-corrected chi connectivity index (χ0v) is 12.7. The van der Waals surface area contributed by atoms with Crippen LogP contribution in [-0.2, 0) is 13.0 Å². The zero-order valence-electron chi connectivity index (χ0n) is 12.7. The first-order chi connectivity index (χ1) is 10.1. The summed E-state index contributed by atoms with van der Waals surface area (Å²) >= 11 is 0. The minimum absolute atomic E-state index is 0.183. The van der Waals surface area contributed by atoms with E-state index in [1.165, 1.54) is 0 Å². The standard InChI is InChI=1S/C14H21N5O2/c1-9(2)7-12-16-13(21-17-12)8-19-6-4-5-11(19)14-15-10(3)20-18-14/h9,11H,4-8H2,1-3H3/t11-/m1/s1. The molecule has 0 radical (unpaired) electrons. The number of hydrogen-bond acceptors (Lipinski definition) is 7. The van der Waals surface area contributed by atoms with E-state index < -0.39 is 0 Å². The fourth-order valence-electron chi connectivity index (χ4n) is 2.73. The van der Waals surface area contributed by atoms with E-state index >= 15 is 0 Å². The number of rotatable bonds is 5. The Balaban J connectivity index is 1.67. The predicted octanol–water partition coefficient (Wildman–Crippen LogP) is 2.30. The molecule has 0 spiro atoms. The van der Waals surface area contributed by atoms with Gasteiger partial charge in [0.05, 0.1) is 12.6 Å². The van der Waals surface area contributed by atoms with E-state index in [2.05, 4.69) is 39.0 Å². The number of hydrogen-bond donors (Lipinski definition) is 0. The Morgan fingerprint density at radius 2 is 2.10 bits per heavy atom. The highest BCUT2D eigenvalue weighted by atomic mass is 16.5. The van der Waals surface area contributed by atoms with Gasteiger partial charge in [-0.2, -0.15) is 9.97 Å². The lowest BCUT2D eigenvalue weighted by Crippen LogP contribution is -2.23. The minimum atomic E-state index is 0.183. The van der Waals surface area contributed by atoms with Crippen molar-refractivity contribution in [1.29, 1.82) is 0 Å². The predicted molar refractivity (Wildman–Crippen MR) is 74.3 cm³/mol. The van der Waals surface area contributed by atoms with Crippen LogP contribution in [-0.4, -0.2) is 31.7 Å². The van der Waals surface area contributed by atoms with Crippen LogP contribution in [0.25, 0.3) is 0 Å². The van der Waals surface area contributed by atoms with Crippen molar-refractivity contribution < 1.29 is 9.05 Å². The Labute approximate surface area is 123 Å². The van der Waals surface area contributed by atoms with E-state index in [1.807, 2.05) is 6.92 Å². The average molecular weight is 291 g/mol. The summed E-state index contributed by atoms with van der Waals surface area (Å²) in [5, 5.41) is 8.08. The van der Waals surface area contributed by atoms with Crippen molar-refractivity contribution in [2.75, 3.05) is 6.54 Å². The molecule has 1 aliphatic rings. The maximum absolute atomic E-state index is 5.35. The van der Waals surface area contributed by atoms with Crippen molar-refractivity contribution in [2.45, 2.75) is 52.6 Å². The van der Waals surface area contributed by atoms with Crippen molar-refractivity contribution >= 4 is 0 Å². The third kappa shape index (κ3) is 3.29. The molecule has 0 aliphatic carbocycles. The molecule has 0 bridgehead atoms. The van der Waals surface area contributed by atoms with Crippen LogP contribution >= 0.6 is 0 Å². The lowest BCUT2D eigenvalue weighted by Gasteiger charge is -2.19. The maximum Gasteiger partial charge on any atom is 0.240 e. The van der Waals surface area contributed by atoms with Gasteiger partial charge in [0.1, 0.15) is 0 Å². The van der Waals surface area contributed by atoms with E-state index in [-0.39, 0.29) is 6.04 Å². The monoisotopic (exact) mass is 291 g/mol. The molecule has 2 aromatic heterocycles. The van der Waals surface area contributed by atoms with Gasteiger partial charge in [-0.05, 0) is 25.3 Å². The molecule has 2 aromatic rings.